The fourth-order valence-electron chi connectivity index (χ4n) is 3.29. The average molecular weight is 380 g/mol. The van der Waals surface area contributed by atoms with E-state index in [0.717, 1.165) is 47.1 Å². The summed E-state index contributed by atoms with van der Waals surface area (Å²) in [7, 11) is 0. The number of imidazole rings is 1. The number of carbonyl (C=O) groups is 1. The number of hydrogen-bond acceptors (Lipinski definition) is 3. The van der Waals surface area contributed by atoms with Crippen LogP contribution in [0.15, 0.2) is 42.6 Å². The Balaban J connectivity index is 1.57. The summed E-state index contributed by atoms with van der Waals surface area (Å²) in [5.74, 6) is 0.780. The van der Waals surface area contributed by atoms with Gasteiger partial charge < -0.3 is 14.5 Å². The molecule has 0 saturated heterocycles. The smallest absolute Gasteiger partial charge is 0.230 e. The molecule has 0 unspecified atom stereocenters. The molecule has 3 rings (SSSR count). The Hall–Kier alpha value is -2.82. The van der Waals surface area contributed by atoms with Crippen LogP contribution in [0.5, 0.6) is 5.75 Å². The molecule has 0 saturated carbocycles. The van der Waals surface area contributed by atoms with Crippen LogP contribution in [0.25, 0.3) is 5.65 Å². The highest BCUT2D eigenvalue weighted by Crippen LogP contribution is 2.18. The van der Waals surface area contributed by atoms with Crippen LogP contribution in [-0.4, -0.2) is 21.9 Å². The zero-order chi connectivity index (χ0) is 19.9. The minimum Gasteiger partial charge on any atom is -0.494 e. The fourth-order valence-corrected chi connectivity index (χ4v) is 3.29. The summed E-state index contributed by atoms with van der Waals surface area (Å²) in [5, 5.41) is 2.96. The molecule has 0 aliphatic rings. The predicted molar refractivity (Wildman–Crippen MR) is 113 cm³/mol. The maximum absolute atomic E-state index is 12.5. The van der Waals surface area contributed by atoms with Crippen molar-refractivity contribution in [2.75, 3.05) is 11.9 Å². The van der Waals surface area contributed by atoms with E-state index in [1.54, 1.807) is 0 Å². The SMILES string of the molecule is CCCCCCOc1ccc(NC(=O)Cc2c(C)nc3c(C)cccn23)cc1. The number of amides is 1. The summed E-state index contributed by atoms with van der Waals surface area (Å²) >= 11 is 0. The number of anilines is 1. The minimum atomic E-state index is -0.0559. The number of aryl methyl sites for hydroxylation is 2. The lowest BCUT2D eigenvalue weighted by Crippen LogP contribution is -2.16. The molecular weight excluding hydrogens is 350 g/mol. The molecule has 0 fully saturated rings. The maximum atomic E-state index is 12.5. The van der Waals surface area contributed by atoms with E-state index in [1.807, 2.05) is 60.8 Å². The Morgan fingerprint density at radius 3 is 2.64 bits per heavy atom. The molecule has 2 aromatic heterocycles. The van der Waals surface area contributed by atoms with Crippen molar-refractivity contribution in [2.45, 2.75) is 52.9 Å². The number of aromatic nitrogens is 2. The van der Waals surface area contributed by atoms with Crippen LogP contribution >= 0.6 is 0 Å². The van der Waals surface area contributed by atoms with E-state index < -0.39 is 0 Å². The number of pyridine rings is 1. The number of nitrogens with zero attached hydrogens (tertiary/aromatic N) is 2. The highest BCUT2D eigenvalue weighted by atomic mass is 16.5. The van der Waals surface area contributed by atoms with Crippen molar-refractivity contribution in [1.29, 1.82) is 0 Å². The Morgan fingerprint density at radius 1 is 1.11 bits per heavy atom. The first-order valence-electron chi connectivity index (χ1n) is 10.0. The highest BCUT2D eigenvalue weighted by Gasteiger charge is 2.14. The lowest BCUT2D eigenvalue weighted by atomic mass is 10.2. The van der Waals surface area contributed by atoms with Crippen LogP contribution in [0.3, 0.4) is 0 Å². The number of rotatable bonds is 9. The molecule has 0 atom stereocenters. The largest absolute Gasteiger partial charge is 0.494 e. The van der Waals surface area contributed by atoms with Crippen molar-refractivity contribution in [2.24, 2.45) is 0 Å². The summed E-state index contributed by atoms with van der Waals surface area (Å²) in [6.45, 7) is 6.91. The topological polar surface area (TPSA) is 55.6 Å². The monoisotopic (exact) mass is 379 g/mol. The molecule has 28 heavy (non-hydrogen) atoms. The number of unbranched alkanes of at least 4 members (excludes halogenated alkanes) is 3. The number of ether oxygens (including phenoxy) is 1. The molecule has 2 heterocycles. The molecule has 0 bridgehead atoms. The number of carbonyl (C=O) groups excluding carboxylic acids is 1. The molecule has 0 aliphatic carbocycles. The summed E-state index contributed by atoms with van der Waals surface area (Å²) in [4.78, 5) is 17.1. The van der Waals surface area contributed by atoms with Crippen LogP contribution in [0.4, 0.5) is 5.69 Å². The van der Waals surface area contributed by atoms with Gasteiger partial charge in [-0.25, -0.2) is 4.98 Å². The molecular formula is C23H29N3O2. The first-order chi connectivity index (χ1) is 13.6. The van der Waals surface area contributed by atoms with Crippen molar-refractivity contribution in [3.63, 3.8) is 0 Å². The second-order valence-corrected chi connectivity index (χ2v) is 7.19. The standard InChI is InChI=1S/C23H29N3O2/c1-4-5-6-7-15-28-20-12-10-19(11-13-20)25-22(27)16-21-18(3)24-23-17(2)9-8-14-26(21)23/h8-14H,4-7,15-16H2,1-3H3,(H,25,27). The molecule has 0 spiro atoms. The van der Waals surface area contributed by atoms with Crippen LogP contribution in [-0.2, 0) is 11.2 Å². The first kappa shape index (κ1) is 19.9. The lowest BCUT2D eigenvalue weighted by Gasteiger charge is -2.09. The van der Waals surface area contributed by atoms with Crippen LogP contribution < -0.4 is 10.1 Å². The second-order valence-electron chi connectivity index (χ2n) is 7.19. The quantitative estimate of drug-likeness (QED) is 0.527. The normalized spacial score (nSPS) is 11.0. The van der Waals surface area contributed by atoms with E-state index in [9.17, 15) is 4.79 Å². The molecule has 5 nitrogen and oxygen atoms in total. The number of hydrogen-bond donors (Lipinski definition) is 1. The van der Waals surface area contributed by atoms with Gasteiger partial charge in [-0.15, -0.1) is 0 Å². The first-order valence-corrected chi connectivity index (χ1v) is 10.0. The van der Waals surface area contributed by atoms with Gasteiger partial charge in [-0.1, -0.05) is 32.3 Å². The number of fused-ring (bicyclic) bond motifs is 1. The average Bonchev–Trinajstić information content (AvgIpc) is 3.00. The molecule has 5 heteroatoms. The third-order valence-corrected chi connectivity index (χ3v) is 4.88. The summed E-state index contributed by atoms with van der Waals surface area (Å²) in [6, 6.07) is 11.6. The Kier molecular flexibility index (Phi) is 6.69. The van der Waals surface area contributed by atoms with Gasteiger partial charge in [0, 0.05) is 11.9 Å². The highest BCUT2D eigenvalue weighted by molar-refractivity contribution is 5.92. The van der Waals surface area contributed by atoms with Crippen molar-refractivity contribution < 1.29 is 9.53 Å². The molecule has 3 aromatic rings. The molecule has 1 N–H and O–H groups in total. The van der Waals surface area contributed by atoms with Crippen molar-refractivity contribution >= 4 is 17.2 Å². The second kappa shape index (κ2) is 9.40. The van der Waals surface area contributed by atoms with Crippen LogP contribution in [0, 0.1) is 13.8 Å². The van der Waals surface area contributed by atoms with E-state index in [4.69, 9.17) is 4.74 Å². The van der Waals surface area contributed by atoms with Gasteiger partial charge in [0.15, 0.2) is 0 Å². The molecule has 0 aliphatic heterocycles. The van der Waals surface area contributed by atoms with Gasteiger partial charge in [-0.05, 0) is 56.2 Å². The lowest BCUT2D eigenvalue weighted by molar-refractivity contribution is -0.115. The van der Waals surface area contributed by atoms with Crippen molar-refractivity contribution in [1.82, 2.24) is 9.38 Å². The van der Waals surface area contributed by atoms with Gasteiger partial charge in [0.25, 0.3) is 0 Å². The molecule has 1 aromatic carbocycles. The van der Waals surface area contributed by atoms with Crippen molar-refractivity contribution in [3.05, 3.63) is 59.5 Å². The Labute approximate surface area is 166 Å². The van der Waals surface area contributed by atoms with Gasteiger partial charge in [-0.2, -0.15) is 0 Å². The number of nitrogens with one attached hydrogen (secondary N) is 1. The van der Waals surface area contributed by atoms with Crippen LogP contribution in [0.2, 0.25) is 0 Å². The minimum absolute atomic E-state index is 0.0559. The third-order valence-electron chi connectivity index (χ3n) is 4.88. The van der Waals surface area contributed by atoms with E-state index in [-0.39, 0.29) is 12.3 Å². The van der Waals surface area contributed by atoms with Gasteiger partial charge in [0.1, 0.15) is 11.4 Å². The number of benzene rings is 1. The Morgan fingerprint density at radius 2 is 1.89 bits per heavy atom. The van der Waals surface area contributed by atoms with E-state index in [1.165, 1.54) is 19.3 Å². The Bertz CT molecular complexity index is 929. The third kappa shape index (κ3) is 4.91. The van der Waals surface area contributed by atoms with Gasteiger partial charge >= 0.3 is 0 Å². The van der Waals surface area contributed by atoms with Crippen molar-refractivity contribution in [3.8, 4) is 5.75 Å². The van der Waals surface area contributed by atoms with E-state index in [0.29, 0.717) is 0 Å². The molecule has 0 radical (unpaired) electrons. The van der Waals surface area contributed by atoms with Gasteiger partial charge in [-0.3, -0.25) is 4.79 Å². The fraction of sp³-hybridized carbons (Fsp3) is 0.391. The van der Waals surface area contributed by atoms with Crippen LogP contribution in [0.1, 0.15) is 49.6 Å². The summed E-state index contributed by atoms with van der Waals surface area (Å²) < 4.78 is 7.75. The maximum Gasteiger partial charge on any atom is 0.230 e. The molecule has 148 valence electrons. The zero-order valence-electron chi connectivity index (χ0n) is 17.0. The van der Waals surface area contributed by atoms with Gasteiger partial charge in [0.2, 0.25) is 5.91 Å². The van der Waals surface area contributed by atoms with Gasteiger partial charge in [0.05, 0.1) is 24.4 Å². The van der Waals surface area contributed by atoms with E-state index >= 15 is 0 Å². The summed E-state index contributed by atoms with van der Waals surface area (Å²) in [6.07, 6.45) is 6.99. The predicted octanol–water partition coefficient (Wildman–Crippen LogP) is 5.09. The summed E-state index contributed by atoms with van der Waals surface area (Å²) in [5.41, 5.74) is 4.58. The molecule has 1 amide bonds. The zero-order valence-corrected chi connectivity index (χ0v) is 17.0. The van der Waals surface area contributed by atoms with E-state index in [2.05, 4.69) is 17.2 Å².